The minimum atomic E-state index is -0.281. The Labute approximate surface area is 209 Å². The number of nitriles is 1. The molecule has 0 N–H and O–H groups in total. The molecule has 0 atom stereocenters. The van der Waals surface area contributed by atoms with Gasteiger partial charge in [0, 0.05) is 43.5 Å². The molecular formula is C26H26N6O4. The number of hydrogen-bond acceptors (Lipinski definition) is 8. The van der Waals surface area contributed by atoms with Crippen molar-refractivity contribution in [3.05, 3.63) is 42.4 Å². The summed E-state index contributed by atoms with van der Waals surface area (Å²) < 4.78 is 18.7. The van der Waals surface area contributed by atoms with Crippen LogP contribution in [0.5, 0.6) is 5.75 Å². The molecule has 0 unspecified atom stereocenters. The third-order valence-electron chi connectivity index (χ3n) is 6.40. The number of nitrogens with zero attached hydrogens (tertiary/aromatic N) is 6. The molecule has 10 nitrogen and oxygen atoms in total. The fraction of sp³-hybridized carbons (Fsp3) is 0.385. The highest BCUT2D eigenvalue weighted by Crippen LogP contribution is 2.31. The van der Waals surface area contributed by atoms with E-state index in [4.69, 9.17) is 20.6 Å². The van der Waals surface area contributed by atoms with E-state index in [2.05, 4.69) is 27.0 Å². The molecule has 0 bridgehead atoms. The van der Waals surface area contributed by atoms with Gasteiger partial charge in [0.25, 0.3) is 5.91 Å². The lowest BCUT2D eigenvalue weighted by Gasteiger charge is -2.37. The molecule has 0 saturated carbocycles. The average molecular weight is 487 g/mol. The molecule has 184 valence electrons. The number of piperazine rings is 1. The molecule has 3 aromatic heterocycles. The number of hydrogen-bond donors (Lipinski definition) is 0. The van der Waals surface area contributed by atoms with E-state index in [1.807, 2.05) is 25.1 Å². The summed E-state index contributed by atoms with van der Waals surface area (Å²) in [4.78, 5) is 20.2. The number of carbonyl (C=O) groups is 1. The van der Waals surface area contributed by atoms with Gasteiger partial charge in [-0.3, -0.25) is 4.79 Å². The van der Waals surface area contributed by atoms with Crippen molar-refractivity contribution in [3.63, 3.8) is 0 Å². The van der Waals surface area contributed by atoms with E-state index in [0.717, 1.165) is 16.9 Å². The van der Waals surface area contributed by atoms with E-state index in [1.165, 1.54) is 0 Å². The van der Waals surface area contributed by atoms with Crippen LogP contribution in [0.4, 0.5) is 5.82 Å². The van der Waals surface area contributed by atoms with Crippen molar-refractivity contribution in [2.24, 2.45) is 0 Å². The maximum atomic E-state index is 11.7. The van der Waals surface area contributed by atoms with Crippen LogP contribution in [-0.4, -0.2) is 83.6 Å². The number of aromatic nitrogens is 3. The van der Waals surface area contributed by atoms with Crippen LogP contribution in [0.2, 0.25) is 0 Å². The lowest BCUT2D eigenvalue weighted by Crippen LogP contribution is -2.49. The van der Waals surface area contributed by atoms with Gasteiger partial charge < -0.3 is 24.0 Å². The average Bonchev–Trinajstić information content (AvgIpc) is 3.32. The summed E-state index contributed by atoms with van der Waals surface area (Å²) in [5.41, 5.74) is 2.55. The molecule has 2 aliphatic heterocycles. The Kier molecular flexibility index (Phi) is 6.47. The van der Waals surface area contributed by atoms with Gasteiger partial charge in [-0.2, -0.15) is 10.4 Å². The first-order chi connectivity index (χ1) is 17.5. The number of carbonyl (C=O) groups excluding carboxylic acids is 1. The van der Waals surface area contributed by atoms with E-state index in [1.54, 1.807) is 28.0 Å². The Hall–Kier alpha value is -4.12. The van der Waals surface area contributed by atoms with Crippen molar-refractivity contribution in [1.29, 1.82) is 5.26 Å². The first-order valence-electron chi connectivity index (χ1n) is 11.7. The predicted molar refractivity (Wildman–Crippen MR) is 131 cm³/mol. The van der Waals surface area contributed by atoms with Crippen LogP contribution in [0.25, 0.3) is 16.6 Å². The number of amides is 1. The van der Waals surface area contributed by atoms with Crippen LogP contribution in [0.15, 0.2) is 36.8 Å². The molecule has 3 aromatic rings. The van der Waals surface area contributed by atoms with Crippen LogP contribution < -0.4 is 9.64 Å². The quantitative estimate of drug-likeness (QED) is 0.367. The van der Waals surface area contributed by atoms with Crippen molar-refractivity contribution in [2.75, 3.05) is 57.5 Å². The first-order valence-corrected chi connectivity index (χ1v) is 11.7. The monoisotopic (exact) mass is 486 g/mol. The van der Waals surface area contributed by atoms with Gasteiger partial charge in [0.2, 0.25) is 0 Å². The van der Waals surface area contributed by atoms with Gasteiger partial charge in [-0.25, -0.2) is 9.50 Å². The van der Waals surface area contributed by atoms with Crippen LogP contribution in [0.3, 0.4) is 0 Å². The SMILES string of the molecule is C#CC(=O)N1CCN(c2ccc(-c3cc(OCCOC4(C)COC4)cn4ncc(C#N)c34)cn2)CC1. The van der Waals surface area contributed by atoms with Gasteiger partial charge in [0.05, 0.1) is 43.3 Å². The zero-order chi connectivity index (χ0) is 25.1. The van der Waals surface area contributed by atoms with Crippen LogP contribution in [0, 0.1) is 23.7 Å². The molecule has 2 aliphatic rings. The van der Waals surface area contributed by atoms with Crippen molar-refractivity contribution in [2.45, 2.75) is 12.5 Å². The van der Waals surface area contributed by atoms with E-state index >= 15 is 0 Å². The molecule has 0 aliphatic carbocycles. The third-order valence-corrected chi connectivity index (χ3v) is 6.40. The fourth-order valence-electron chi connectivity index (χ4n) is 4.36. The zero-order valence-corrected chi connectivity index (χ0v) is 20.0. The summed E-state index contributed by atoms with van der Waals surface area (Å²) in [6.07, 6.45) is 10.3. The van der Waals surface area contributed by atoms with Gasteiger partial charge >= 0.3 is 0 Å². The Morgan fingerprint density at radius 1 is 1.22 bits per heavy atom. The molecule has 2 saturated heterocycles. The third kappa shape index (κ3) is 4.69. The maximum Gasteiger partial charge on any atom is 0.298 e. The van der Waals surface area contributed by atoms with Gasteiger partial charge in [-0.05, 0) is 31.0 Å². The minimum Gasteiger partial charge on any atom is -0.490 e. The van der Waals surface area contributed by atoms with Gasteiger partial charge in [0.15, 0.2) is 0 Å². The van der Waals surface area contributed by atoms with Gasteiger partial charge in [-0.1, -0.05) is 0 Å². The molecule has 0 aromatic carbocycles. The number of terminal acetylenes is 1. The second kappa shape index (κ2) is 9.86. The standard InChI is InChI=1S/C26H26N6O4/c1-3-24(33)31-8-6-30(7-9-31)23-5-4-19(14-28-23)22-12-21(16-32-25(22)20(13-27)15-29-32)35-10-11-36-26(2)17-34-18-26/h1,4-5,12,14-16H,6-11,17-18H2,2H3. The minimum absolute atomic E-state index is 0.237. The molecule has 5 heterocycles. The highest BCUT2D eigenvalue weighted by Gasteiger charge is 2.34. The fourth-order valence-corrected chi connectivity index (χ4v) is 4.36. The Morgan fingerprint density at radius 3 is 2.67 bits per heavy atom. The molecule has 0 radical (unpaired) electrons. The highest BCUT2D eigenvalue weighted by molar-refractivity contribution is 5.93. The lowest BCUT2D eigenvalue weighted by atomic mass is 10.1. The molecule has 36 heavy (non-hydrogen) atoms. The van der Waals surface area contributed by atoms with E-state index in [9.17, 15) is 10.1 Å². The van der Waals surface area contributed by atoms with Crippen LogP contribution >= 0.6 is 0 Å². The number of pyridine rings is 2. The summed E-state index contributed by atoms with van der Waals surface area (Å²) in [6.45, 7) is 6.44. The summed E-state index contributed by atoms with van der Waals surface area (Å²) in [7, 11) is 0. The number of rotatable bonds is 7. The number of fused-ring (bicyclic) bond motifs is 1. The predicted octanol–water partition coefficient (Wildman–Crippen LogP) is 1.73. The van der Waals surface area contributed by atoms with Crippen molar-refractivity contribution in [1.82, 2.24) is 19.5 Å². The Bertz CT molecular complexity index is 1340. The summed E-state index contributed by atoms with van der Waals surface area (Å²) >= 11 is 0. The van der Waals surface area contributed by atoms with Crippen molar-refractivity contribution >= 4 is 17.2 Å². The number of ether oxygens (including phenoxy) is 3. The summed E-state index contributed by atoms with van der Waals surface area (Å²) in [5, 5.41) is 13.9. The second-order valence-electron chi connectivity index (χ2n) is 9.02. The molecule has 10 heteroatoms. The first kappa shape index (κ1) is 23.6. The van der Waals surface area contributed by atoms with E-state index < -0.39 is 0 Å². The van der Waals surface area contributed by atoms with Crippen LogP contribution in [0.1, 0.15) is 12.5 Å². The normalized spacial score (nSPS) is 16.8. The van der Waals surface area contributed by atoms with Gasteiger partial charge in [0.1, 0.15) is 29.8 Å². The highest BCUT2D eigenvalue weighted by atomic mass is 16.6. The van der Waals surface area contributed by atoms with E-state index in [-0.39, 0.29) is 11.5 Å². The van der Waals surface area contributed by atoms with E-state index in [0.29, 0.717) is 69.4 Å². The number of anilines is 1. The van der Waals surface area contributed by atoms with Crippen molar-refractivity contribution < 1.29 is 19.0 Å². The molecule has 1 amide bonds. The molecular weight excluding hydrogens is 460 g/mol. The molecule has 5 rings (SSSR count). The maximum absolute atomic E-state index is 11.7. The second-order valence-corrected chi connectivity index (χ2v) is 9.02. The zero-order valence-electron chi connectivity index (χ0n) is 20.0. The Morgan fingerprint density at radius 2 is 2.03 bits per heavy atom. The summed E-state index contributed by atoms with van der Waals surface area (Å²) in [5.74, 6) is 3.32. The molecule has 2 fully saturated rings. The van der Waals surface area contributed by atoms with Gasteiger partial charge in [-0.15, -0.1) is 6.42 Å². The smallest absolute Gasteiger partial charge is 0.298 e. The van der Waals surface area contributed by atoms with Crippen molar-refractivity contribution in [3.8, 4) is 35.3 Å². The largest absolute Gasteiger partial charge is 0.490 e. The summed E-state index contributed by atoms with van der Waals surface area (Å²) in [6, 6.07) is 8.01. The Balaban J connectivity index is 1.33. The molecule has 0 spiro atoms. The lowest BCUT2D eigenvalue weighted by molar-refractivity contribution is -0.201. The topological polar surface area (TPSA) is 105 Å². The van der Waals surface area contributed by atoms with Crippen LogP contribution in [-0.2, 0) is 14.3 Å².